The van der Waals surface area contributed by atoms with Gasteiger partial charge >= 0.3 is 0 Å². The lowest BCUT2D eigenvalue weighted by atomic mass is 10.0. The molecule has 0 radical (unpaired) electrons. The Bertz CT molecular complexity index is 706. The van der Waals surface area contributed by atoms with Gasteiger partial charge in [0.25, 0.3) is 0 Å². The molecule has 3 aromatic rings. The Morgan fingerprint density at radius 3 is 2.42 bits per heavy atom. The molecule has 1 heterocycles. The van der Waals surface area contributed by atoms with E-state index in [4.69, 9.17) is 0 Å². The van der Waals surface area contributed by atoms with Gasteiger partial charge in [0.1, 0.15) is 0 Å². The fourth-order valence-electron chi connectivity index (χ4n) is 2.57. The number of benzene rings is 2. The molecule has 0 aliphatic rings. The zero-order valence-corrected chi connectivity index (χ0v) is 12.9. The smallest absolute Gasteiger partial charge is 0.220 e. The van der Waals surface area contributed by atoms with Gasteiger partial charge in [-0.2, -0.15) is 4.57 Å². The molecule has 3 rings (SSSR count). The summed E-state index contributed by atoms with van der Waals surface area (Å²) >= 11 is 0. The second-order valence-corrected chi connectivity index (χ2v) is 4.90. The lowest BCUT2D eigenvalue weighted by Gasteiger charge is -2.09. The van der Waals surface area contributed by atoms with Crippen LogP contribution in [-0.4, -0.2) is 0 Å². The monoisotopic (exact) mass is 315 g/mol. The molecule has 0 fully saturated rings. The maximum Gasteiger partial charge on any atom is 0.220 e. The standard InChI is InChI=1S/C17H18N.BrH/c1-3-13(2)18-12-6-8-15-11-10-14-7-4-5-9-16(14)17(15)18;/h4-13H,3H2,1-2H3;1H/q+1;/p-1. The van der Waals surface area contributed by atoms with Crippen molar-refractivity contribution in [2.75, 3.05) is 0 Å². The fourth-order valence-corrected chi connectivity index (χ4v) is 2.57. The molecule has 0 bridgehead atoms. The number of pyridine rings is 1. The van der Waals surface area contributed by atoms with E-state index in [1.54, 1.807) is 0 Å². The molecule has 0 saturated heterocycles. The van der Waals surface area contributed by atoms with Crippen molar-refractivity contribution >= 4 is 21.7 Å². The number of halogens is 1. The van der Waals surface area contributed by atoms with Gasteiger partial charge in [0.05, 0.1) is 5.39 Å². The van der Waals surface area contributed by atoms with Gasteiger partial charge in [-0.05, 0) is 30.5 Å². The van der Waals surface area contributed by atoms with Crippen molar-refractivity contribution in [3.05, 3.63) is 54.7 Å². The first-order valence-corrected chi connectivity index (χ1v) is 6.63. The van der Waals surface area contributed by atoms with E-state index in [9.17, 15) is 0 Å². The number of rotatable bonds is 2. The highest BCUT2D eigenvalue weighted by Crippen LogP contribution is 2.23. The fraction of sp³-hybridized carbons (Fsp3) is 0.235. The van der Waals surface area contributed by atoms with Crippen LogP contribution in [0.15, 0.2) is 54.7 Å². The van der Waals surface area contributed by atoms with Crippen molar-refractivity contribution < 1.29 is 21.5 Å². The lowest BCUT2D eigenvalue weighted by molar-refractivity contribution is -0.694. The molecule has 2 aromatic carbocycles. The molecule has 0 N–H and O–H groups in total. The minimum Gasteiger partial charge on any atom is -1.00 e. The maximum absolute atomic E-state index is 2.40. The van der Waals surface area contributed by atoms with Crippen LogP contribution < -0.4 is 21.5 Å². The minimum atomic E-state index is 0. The molecule has 0 aliphatic heterocycles. The van der Waals surface area contributed by atoms with E-state index in [2.05, 4.69) is 73.1 Å². The van der Waals surface area contributed by atoms with Gasteiger partial charge in [0.15, 0.2) is 12.2 Å². The minimum absolute atomic E-state index is 0. The number of hydrogen-bond acceptors (Lipinski definition) is 0. The molecule has 19 heavy (non-hydrogen) atoms. The maximum atomic E-state index is 2.40. The van der Waals surface area contributed by atoms with Crippen LogP contribution in [0.3, 0.4) is 0 Å². The molecule has 1 unspecified atom stereocenters. The Morgan fingerprint density at radius 2 is 1.63 bits per heavy atom. The third-order valence-electron chi connectivity index (χ3n) is 3.78. The van der Waals surface area contributed by atoms with Crippen molar-refractivity contribution in [1.29, 1.82) is 0 Å². The molecule has 0 spiro atoms. The normalized spacial score (nSPS) is 12.3. The summed E-state index contributed by atoms with van der Waals surface area (Å²) < 4.78 is 2.40. The van der Waals surface area contributed by atoms with E-state index < -0.39 is 0 Å². The zero-order chi connectivity index (χ0) is 12.5. The molecular weight excluding hydrogens is 298 g/mol. The number of nitrogens with zero attached hydrogens (tertiary/aromatic N) is 1. The van der Waals surface area contributed by atoms with Crippen molar-refractivity contribution in [3.8, 4) is 0 Å². The molecule has 1 aromatic heterocycles. The highest BCUT2D eigenvalue weighted by Gasteiger charge is 2.16. The van der Waals surface area contributed by atoms with Crippen LogP contribution in [-0.2, 0) is 0 Å². The first-order valence-electron chi connectivity index (χ1n) is 6.63. The van der Waals surface area contributed by atoms with E-state index in [0.29, 0.717) is 6.04 Å². The first-order chi connectivity index (χ1) is 8.81. The summed E-state index contributed by atoms with van der Waals surface area (Å²) in [4.78, 5) is 0. The van der Waals surface area contributed by atoms with E-state index >= 15 is 0 Å². The van der Waals surface area contributed by atoms with Crippen molar-refractivity contribution in [2.24, 2.45) is 0 Å². The Balaban J connectivity index is 0.00000133. The Hall–Kier alpha value is -1.41. The number of hydrogen-bond donors (Lipinski definition) is 0. The molecule has 1 nitrogen and oxygen atoms in total. The van der Waals surface area contributed by atoms with Crippen LogP contribution in [0, 0.1) is 0 Å². The largest absolute Gasteiger partial charge is 1.00 e. The molecule has 2 heteroatoms. The second-order valence-electron chi connectivity index (χ2n) is 4.90. The van der Waals surface area contributed by atoms with Gasteiger partial charge in [-0.15, -0.1) is 0 Å². The summed E-state index contributed by atoms with van der Waals surface area (Å²) in [5.41, 5.74) is 1.35. The average molecular weight is 316 g/mol. The molecule has 0 aliphatic carbocycles. The summed E-state index contributed by atoms with van der Waals surface area (Å²) in [5.74, 6) is 0. The van der Waals surface area contributed by atoms with E-state index in [-0.39, 0.29) is 17.0 Å². The summed E-state index contributed by atoms with van der Waals surface area (Å²) in [7, 11) is 0. The molecular formula is C17H18BrN. The van der Waals surface area contributed by atoms with Crippen LogP contribution in [0.2, 0.25) is 0 Å². The number of fused-ring (bicyclic) bond motifs is 3. The van der Waals surface area contributed by atoms with Gasteiger partial charge in [0.2, 0.25) is 5.52 Å². The second kappa shape index (κ2) is 5.70. The van der Waals surface area contributed by atoms with Crippen molar-refractivity contribution in [1.82, 2.24) is 0 Å². The topological polar surface area (TPSA) is 3.88 Å². The summed E-state index contributed by atoms with van der Waals surface area (Å²) in [6.45, 7) is 4.52. The summed E-state index contributed by atoms with van der Waals surface area (Å²) in [6, 6.07) is 17.9. The van der Waals surface area contributed by atoms with Crippen LogP contribution in [0.1, 0.15) is 26.3 Å². The zero-order valence-electron chi connectivity index (χ0n) is 11.3. The molecule has 0 saturated carbocycles. The summed E-state index contributed by atoms with van der Waals surface area (Å²) in [5, 5.41) is 3.97. The Kier molecular flexibility index (Phi) is 4.20. The first kappa shape index (κ1) is 14.0. The summed E-state index contributed by atoms with van der Waals surface area (Å²) in [6.07, 6.45) is 3.34. The third kappa shape index (κ3) is 2.37. The predicted molar refractivity (Wildman–Crippen MR) is 76.7 cm³/mol. The van der Waals surface area contributed by atoms with Crippen LogP contribution in [0.4, 0.5) is 0 Å². The van der Waals surface area contributed by atoms with E-state index in [1.807, 2.05) is 0 Å². The third-order valence-corrected chi connectivity index (χ3v) is 3.78. The van der Waals surface area contributed by atoms with Gasteiger partial charge < -0.3 is 17.0 Å². The van der Waals surface area contributed by atoms with Crippen LogP contribution >= 0.6 is 0 Å². The Labute approximate surface area is 124 Å². The van der Waals surface area contributed by atoms with Gasteiger partial charge in [-0.1, -0.05) is 31.2 Å². The van der Waals surface area contributed by atoms with E-state index in [0.717, 1.165) is 6.42 Å². The predicted octanol–water partition coefficient (Wildman–Crippen LogP) is 1.26. The quantitative estimate of drug-likeness (QED) is 0.495. The lowest BCUT2D eigenvalue weighted by Crippen LogP contribution is -3.00. The molecule has 98 valence electrons. The van der Waals surface area contributed by atoms with Gasteiger partial charge in [0, 0.05) is 17.9 Å². The molecule has 1 atom stereocenters. The van der Waals surface area contributed by atoms with Gasteiger partial charge in [-0.3, -0.25) is 0 Å². The molecule has 0 amide bonds. The van der Waals surface area contributed by atoms with Crippen molar-refractivity contribution in [2.45, 2.75) is 26.3 Å². The SMILES string of the molecule is CCC(C)[n+]1cccc2ccc3ccccc3c21.[Br-]. The van der Waals surface area contributed by atoms with Crippen LogP contribution in [0.25, 0.3) is 21.7 Å². The van der Waals surface area contributed by atoms with Crippen LogP contribution in [0.5, 0.6) is 0 Å². The van der Waals surface area contributed by atoms with Crippen molar-refractivity contribution in [3.63, 3.8) is 0 Å². The van der Waals surface area contributed by atoms with Gasteiger partial charge in [-0.25, -0.2) is 0 Å². The highest BCUT2D eigenvalue weighted by atomic mass is 79.9. The van der Waals surface area contributed by atoms with E-state index in [1.165, 1.54) is 21.7 Å². The Morgan fingerprint density at radius 1 is 0.947 bits per heavy atom. The average Bonchev–Trinajstić information content (AvgIpc) is 2.45. The highest BCUT2D eigenvalue weighted by molar-refractivity contribution is 6.03. The number of aromatic nitrogens is 1.